The maximum atomic E-state index is 6.42. The summed E-state index contributed by atoms with van der Waals surface area (Å²) in [5, 5.41) is 0.209. The topological polar surface area (TPSA) is 38.5 Å². The van der Waals surface area contributed by atoms with Gasteiger partial charge < -0.3 is 15.1 Å². The van der Waals surface area contributed by atoms with Crippen molar-refractivity contribution in [3.05, 3.63) is 53.6 Å². The van der Waals surface area contributed by atoms with Crippen molar-refractivity contribution < 1.29 is 4.43 Å². The summed E-state index contributed by atoms with van der Waals surface area (Å²) in [4.78, 5) is 2.38. The third-order valence-corrected chi connectivity index (χ3v) is 10.4. The smallest absolute Gasteiger partial charge is 0.250 e. The van der Waals surface area contributed by atoms with E-state index in [2.05, 4.69) is 82.2 Å². The largest absolute Gasteiger partial charge is 0.544 e. The molecule has 0 saturated carbocycles. The predicted octanol–water partition coefficient (Wildman–Crippen LogP) is 5.78. The normalized spacial score (nSPS) is 17.8. The van der Waals surface area contributed by atoms with Crippen LogP contribution in [0.3, 0.4) is 0 Å². The van der Waals surface area contributed by atoms with Crippen molar-refractivity contribution in [3.63, 3.8) is 0 Å². The SMILES string of the molecule is CN1c2ccc(N)cc2CCC1c1ccc(O[Si](C)(C)C(C)(C)C)cc1. The first-order valence-electron chi connectivity index (χ1n) is 9.49. The predicted molar refractivity (Wildman–Crippen MR) is 115 cm³/mol. The Morgan fingerprint density at radius 2 is 1.73 bits per heavy atom. The molecule has 3 rings (SSSR count). The van der Waals surface area contributed by atoms with Crippen LogP contribution in [-0.2, 0) is 6.42 Å². The number of nitrogens with zero attached hydrogens (tertiary/aromatic N) is 1. The van der Waals surface area contributed by atoms with Crippen LogP contribution >= 0.6 is 0 Å². The monoisotopic (exact) mass is 368 g/mol. The van der Waals surface area contributed by atoms with Gasteiger partial charge in [0.05, 0.1) is 6.04 Å². The second-order valence-corrected chi connectivity index (χ2v) is 13.7. The van der Waals surface area contributed by atoms with Crippen molar-refractivity contribution in [1.82, 2.24) is 0 Å². The molecule has 0 aromatic heterocycles. The molecule has 26 heavy (non-hydrogen) atoms. The average molecular weight is 369 g/mol. The molecule has 1 atom stereocenters. The van der Waals surface area contributed by atoms with Gasteiger partial charge in [0.15, 0.2) is 0 Å². The molecule has 0 fully saturated rings. The van der Waals surface area contributed by atoms with Gasteiger partial charge in [-0.3, -0.25) is 0 Å². The van der Waals surface area contributed by atoms with Gasteiger partial charge in [0.25, 0.3) is 0 Å². The lowest BCUT2D eigenvalue weighted by Crippen LogP contribution is -2.43. The van der Waals surface area contributed by atoms with Gasteiger partial charge in [-0.25, -0.2) is 0 Å². The summed E-state index contributed by atoms with van der Waals surface area (Å²) in [6.07, 6.45) is 2.17. The summed E-state index contributed by atoms with van der Waals surface area (Å²) in [6, 6.07) is 15.4. The van der Waals surface area contributed by atoms with Gasteiger partial charge in [-0.05, 0) is 72.4 Å². The maximum absolute atomic E-state index is 6.42. The third kappa shape index (κ3) is 3.61. The fourth-order valence-electron chi connectivity index (χ4n) is 3.40. The third-order valence-electron chi connectivity index (χ3n) is 6.08. The second-order valence-electron chi connectivity index (χ2n) is 8.98. The molecule has 2 N–H and O–H groups in total. The van der Waals surface area contributed by atoms with Crippen molar-refractivity contribution in [2.24, 2.45) is 0 Å². The lowest BCUT2D eigenvalue weighted by atomic mass is 9.91. The summed E-state index contributed by atoms with van der Waals surface area (Å²) < 4.78 is 6.42. The molecular formula is C22H32N2OSi. The van der Waals surface area contributed by atoms with Crippen LogP contribution in [0.1, 0.15) is 44.4 Å². The second kappa shape index (κ2) is 6.65. The van der Waals surface area contributed by atoms with Crippen molar-refractivity contribution in [3.8, 4) is 5.75 Å². The van der Waals surface area contributed by atoms with Gasteiger partial charge in [0, 0.05) is 18.4 Å². The summed E-state index contributed by atoms with van der Waals surface area (Å²) >= 11 is 0. The molecule has 1 heterocycles. The zero-order chi connectivity index (χ0) is 19.1. The fourth-order valence-corrected chi connectivity index (χ4v) is 4.43. The van der Waals surface area contributed by atoms with Gasteiger partial charge in [0.2, 0.25) is 8.32 Å². The summed E-state index contributed by atoms with van der Waals surface area (Å²) in [5.41, 5.74) is 10.8. The first-order chi connectivity index (χ1) is 12.1. The van der Waals surface area contributed by atoms with E-state index in [0.717, 1.165) is 24.3 Å². The molecule has 1 aliphatic rings. The zero-order valence-electron chi connectivity index (χ0n) is 17.0. The van der Waals surface area contributed by atoms with E-state index < -0.39 is 8.32 Å². The molecule has 3 nitrogen and oxygen atoms in total. The van der Waals surface area contributed by atoms with Crippen LogP contribution in [-0.4, -0.2) is 15.4 Å². The molecular weight excluding hydrogens is 336 g/mol. The Kier molecular flexibility index (Phi) is 4.82. The number of anilines is 2. The van der Waals surface area contributed by atoms with Crippen molar-refractivity contribution in [1.29, 1.82) is 0 Å². The number of nitrogen functional groups attached to an aromatic ring is 1. The van der Waals surface area contributed by atoms with E-state index in [1.807, 2.05) is 6.07 Å². The van der Waals surface area contributed by atoms with Gasteiger partial charge in [-0.15, -0.1) is 0 Å². The highest BCUT2D eigenvalue weighted by Gasteiger charge is 2.39. The van der Waals surface area contributed by atoms with E-state index in [0.29, 0.717) is 6.04 Å². The molecule has 0 amide bonds. The minimum atomic E-state index is -1.79. The average Bonchev–Trinajstić information content (AvgIpc) is 2.55. The molecule has 2 aromatic rings. The van der Waals surface area contributed by atoms with Gasteiger partial charge >= 0.3 is 0 Å². The summed E-state index contributed by atoms with van der Waals surface area (Å²) in [5.74, 6) is 0.993. The van der Waals surface area contributed by atoms with Crippen LogP contribution in [0.4, 0.5) is 11.4 Å². The first kappa shape index (κ1) is 18.8. The Labute approximate surface area is 159 Å². The van der Waals surface area contributed by atoms with E-state index in [4.69, 9.17) is 10.2 Å². The Balaban J connectivity index is 1.78. The Bertz CT molecular complexity index is 778. The molecule has 0 bridgehead atoms. The highest BCUT2D eigenvalue weighted by Crippen LogP contribution is 2.40. The van der Waals surface area contributed by atoms with Crippen LogP contribution in [0.15, 0.2) is 42.5 Å². The number of rotatable bonds is 3. The fraction of sp³-hybridized carbons (Fsp3) is 0.455. The molecule has 2 aromatic carbocycles. The zero-order valence-corrected chi connectivity index (χ0v) is 18.0. The molecule has 0 aliphatic carbocycles. The van der Waals surface area contributed by atoms with E-state index in [9.17, 15) is 0 Å². The Morgan fingerprint density at radius 1 is 1.08 bits per heavy atom. The summed E-state index contributed by atoms with van der Waals surface area (Å²) in [7, 11) is 0.388. The minimum Gasteiger partial charge on any atom is -0.544 e. The standard InChI is InChI=1S/C22H32N2OSi/c1-22(2,3)26(5,6)25-19-11-7-16(8-12-19)20-13-9-17-15-18(23)10-14-21(17)24(20)4/h7-8,10-12,14-15,20H,9,13,23H2,1-6H3. The number of aryl methyl sites for hydroxylation is 1. The van der Waals surface area contributed by atoms with E-state index in [-0.39, 0.29) is 5.04 Å². The first-order valence-corrected chi connectivity index (χ1v) is 12.4. The van der Waals surface area contributed by atoms with E-state index in [1.54, 1.807) is 0 Å². The van der Waals surface area contributed by atoms with Crippen LogP contribution in [0, 0.1) is 0 Å². The molecule has 1 unspecified atom stereocenters. The summed E-state index contributed by atoms with van der Waals surface area (Å²) in [6.45, 7) is 11.4. The number of benzene rings is 2. The molecule has 0 radical (unpaired) electrons. The van der Waals surface area contributed by atoms with Gasteiger partial charge in [-0.2, -0.15) is 0 Å². The number of fused-ring (bicyclic) bond motifs is 1. The van der Waals surface area contributed by atoms with Crippen LogP contribution < -0.4 is 15.1 Å². The quantitative estimate of drug-likeness (QED) is 0.551. The lowest BCUT2D eigenvalue weighted by Gasteiger charge is -2.37. The Hall–Kier alpha value is -1.94. The van der Waals surface area contributed by atoms with Crippen molar-refractivity contribution in [2.75, 3.05) is 17.7 Å². The van der Waals surface area contributed by atoms with Crippen LogP contribution in [0.2, 0.25) is 18.1 Å². The molecule has 0 spiro atoms. The molecule has 140 valence electrons. The van der Waals surface area contributed by atoms with E-state index >= 15 is 0 Å². The highest BCUT2D eigenvalue weighted by molar-refractivity contribution is 6.74. The number of hydrogen-bond acceptors (Lipinski definition) is 3. The van der Waals surface area contributed by atoms with Crippen LogP contribution in [0.5, 0.6) is 5.75 Å². The van der Waals surface area contributed by atoms with E-state index in [1.165, 1.54) is 16.8 Å². The number of nitrogens with two attached hydrogens (primary N) is 1. The molecule has 0 saturated heterocycles. The molecule has 1 aliphatic heterocycles. The highest BCUT2D eigenvalue weighted by atomic mass is 28.4. The van der Waals surface area contributed by atoms with Crippen molar-refractivity contribution in [2.45, 2.75) is 57.8 Å². The van der Waals surface area contributed by atoms with Gasteiger partial charge in [-0.1, -0.05) is 32.9 Å². The van der Waals surface area contributed by atoms with Gasteiger partial charge in [0.1, 0.15) is 5.75 Å². The van der Waals surface area contributed by atoms with Crippen LogP contribution in [0.25, 0.3) is 0 Å². The minimum absolute atomic E-state index is 0.209. The van der Waals surface area contributed by atoms with Crippen molar-refractivity contribution >= 4 is 19.7 Å². The lowest BCUT2D eigenvalue weighted by molar-refractivity contribution is 0.491. The number of hydrogen-bond donors (Lipinski definition) is 1. The Morgan fingerprint density at radius 3 is 2.35 bits per heavy atom. The molecule has 4 heteroatoms. The maximum Gasteiger partial charge on any atom is 0.250 e.